The monoisotopic (exact) mass is 472 g/mol. The molecule has 6 nitrogen and oxygen atoms in total. The van der Waals surface area contributed by atoms with Crippen molar-refractivity contribution in [1.82, 2.24) is 19.7 Å². The number of carbonyl (C=O) groups excluding carboxylic acids is 2. The molecule has 1 aromatic carbocycles. The van der Waals surface area contributed by atoms with E-state index in [-0.39, 0.29) is 17.9 Å². The SMILES string of the molecule is Cc1cc(C(=O)N2CCN(C(C)C(=O)NC3CC3)CC2)c(C)n1-c1cccc(Br)c1. The van der Waals surface area contributed by atoms with Crippen LogP contribution in [-0.2, 0) is 4.79 Å². The number of hydrogen-bond acceptors (Lipinski definition) is 3. The Morgan fingerprint density at radius 2 is 1.80 bits per heavy atom. The third kappa shape index (κ3) is 4.32. The second-order valence-corrected chi connectivity index (χ2v) is 9.30. The van der Waals surface area contributed by atoms with Crippen molar-refractivity contribution in [2.24, 2.45) is 0 Å². The van der Waals surface area contributed by atoms with Crippen molar-refractivity contribution in [1.29, 1.82) is 0 Å². The van der Waals surface area contributed by atoms with Crippen LogP contribution in [0.15, 0.2) is 34.8 Å². The lowest BCUT2D eigenvalue weighted by Crippen LogP contribution is -2.55. The van der Waals surface area contributed by atoms with E-state index in [1.54, 1.807) is 0 Å². The van der Waals surface area contributed by atoms with Gasteiger partial charge in [-0.05, 0) is 57.9 Å². The van der Waals surface area contributed by atoms with Gasteiger partial charge in [0.1, 0.15) is 0 Å². The molecular formula is C23H29BrN4O2. The lowest BCUT2D eigenvalue weighted by Gasteiger charge is -2.37. The summed E-state index contributed by atoms with van der Waals surface area (Å²) in [6, 6.07) is 10.3. The molecule has 1 aliphatic heterocycles. The minimum atomic E-state index is -0.149. The molecule has 0 radical (unpaired) electrons. The van der Waals surface area contributed by atoms with Crippen LogP contribution in [0.2, 0.25) is 0 Å². The molecule has 30 heavy (non-hydrogen) atoms. The van der Waals surface area contributed by atoms with Crippen LogP contribution in [0.1, 0.15) is 41.5 Å². The third-order valence-electron chi connectivity index (χ3n) is 6.18. The Morgan fingerprint density at radius 1 is 1.10 bits per heavy atom. The van der Waals surface area contributed by atoms with E-state index in [2.05, 4.69) is 36.8 Å². The van der Waals surface area contributed by atoms with Gasteiger partial charge in [-0.3, -0.25) is 14.5 Å². The maximum atomic E-state index is 13.3. The number of carbonyl (C=O) groups is 2. The minimum Gasteiger partial charge on any atom is -0.352 e. The zero-order valence-electron chi connectivity index (χ0n) is 17.8. The molecule has 2 aromatic rings. The van der Waals surface area contributed by atoms with Crippen LogP contribution in [0.4, 0.5) is 0 Å². The van der Waals surface area contributed by atoms with Gasteiger partial charge in [0.2, 0.25) is 5.91 Å². The maximum Gasteiger partial charge on any atom is 0.255 e. The van der Waals surface area contributed by atoms with Gasteiger partial charge < -0.3 is 14.8 Å². The Balaban J connectivity index is 1.43. The molecule has 160 valence electrons. The van der Waals surface area contributed by atoms with Gasteiger partial charge in [0, 0.05) is 53.8 Å². The summed E-state index contributed by atoms with van der Waals surface area (Å²) in [5.41, 5.74) is 3.78. The van der Waals surface area contributed by atoms with E-state index in [1.807, 2.05) is 49.9 Å². The zero-order chi connectivity index (χ0) is 21.4. The first-order chi connectivity index (χ1) is 14.3. The topological polar surface area (TPSA) is 57.6 Å². The van der Waals surface area contributed by atoms with E-state index in [4.69, 9.17) is 0 Å². The predicted octanol–water partition coefficient (Wildman–Crippen LogP) is 3.28. The van der Waals surface area contributed by atoms with E-state index >= 15 is 0 Å². The van der Waals surface area contributed by atoms with Gasteiger partial charge in [-0.15, -0.1) is 0 Å². The summed E-state index contributed by atoms with van der Waals surface area (Å²) in [5.74, 6) is 0.175. The average molecular weight is 473 g/mol. The summed E-state index contributed by atoms with van der Waals surface area (Å²) < 4.78 is 3.13. The average Bonchev–Trinajstić information content (AvgIpc) is 3.49. The fourth-order valence-electron chi connectivity index (χ4n) is 4.19. The van der Waals surface area contributed by atoms with E-state index in [0.717, 1.165) is 53.0 Å². The van der Waals surface area contributed by atoms with Crippen molar-refractivity contribution in [3.8, 4) is 5.69 Å². The lowest BCUT2D eigenvalue weighted by atomic mass is 10.1. The fourth-order valence-corrected chi connectivity index (χ4v) is 4.58. The molecule has 1 atom stereocenters. The van der Waals surface area contributed by atoms with Gasteiger partial charge in [0.15, 0.2) is 0 Å². The first kappa shape index (κ1) is 21.1. The number of piperazine rings is 1. The van der Waals surface area contributed by atoms with E-state index in [9.17, 15) is 9.59 Å². The molecule has 1 unspecified atom stereocenters. The van der Waals surface area contributed by atoms with Crippen LogP contribution >= 0.6 is 15.9 Å². The van der Waals surface area contributed by atoms with E-state index < -0.39 is 0 Å². The molecular weight excluding hydrogens is 444 g/mol. The van der Waals surface area contributed by atoms with E-state index in [1.165, 1.54) is 0 Å². The Hall–Kier alpha value is -2.12. The van der Waals surface area contributed by atoms with E-state index in [0.29, 0.717) is 19.1 Å². The van der Waals surface area contributed by atoms with Crippen molar-refractivity contribution in [3.63, 3.8) is 0 Å². The van der Waals surface area contributed by atoms with Gasteiger partial charge >= 0.3 is 0 Å². The second-order valence-electron chi connectivity index (χ2n) is 8.39. The van der Waals surface area contributed by atoms with Crippen LogP contribution in [-0.4, -0.2) is 64.4 Å². The number of nitrogens with zero attached hydrogens (tertiary/aromatic N) is 3. The van der Waals surface area contributed by atoms with Gasteiger partial charge in [-0.1, -0.05) is 22.0 Å². The van der Waals surface area contributed by atoms with Crippen molar-refractivity contribution < 1.29 is 9.59 Å². The summed E-state index contributed by atoms with van der Waals surface area (Å²) in [5, 5.41) is 3.08. The highest BCUT2D eigenvalue weighted by Gasteiger charge is 2.31. The minimum absolute atomic E-state index is 0.0686. The van der Waals surface area contributed by atoms with Crippen molar-refractivity contribution in [3.05, 3.63) is 51.8 Å². The number of rotatable bonds is 5. The predicted molar refractivity (Wildman–Crippen MR) is 121 cm³/mol. The molecule has 7 heteroatoms. The zero-order valence-corrected chi connectivity index (χ0v) is 19.4. The van der Waals surface area contributed by atoms with Crippen molar-refractivity contribution in [2.45, 2.75) is 45.7 Å². The number of nitrogens with one attached hydrogen (secondary N) is 1. The molecule has 2 heterocycles. The Bertz CT molecular complexity index is 958. The molecule has 1 saturated carbocycles. The van der Waals surface area contributed by atoms with Gasteiger partial charge in [0.05, 0.1) is 11.6 Å². The largest absolute Gasteiger partial charge is 0.352 e. The number of aryl methyl sites for hydroxylation is 1. The van der Waals surface area contributed by atoms with Crippen LogP contribution in [0.3, 0.4) is 0 Å². The molecule has 2 aliphatic rings. The van der Waals surface area contributed by atoms with Crippen molar-refractivity contribution >= 4 is 27.7 Å². The first-order valence-corrected chi connectivity index (χ1v) is 11.4. The summed E-state index contributed by atoms with van der Waals surface area (Å²) in [7, 11) is 0. The molecule has 1 N–H and O–H groups in total. The normalized spacial score (nSPS) is 18.3. The Labute approximate surface area is 186 Å². The third-order valence-corrected chi connectivity index (χ3v) is 6.67. The molecule has 2 amide bonds. The second kappa shape index (κ2) is 8.55. The van der Waals surface area contributed by atoms with Gasteiger partial charge in [-0.25, -0.2) is 0 Å². The summed E-state index contributed by atoms with van der Waals surface area (Å²) >= 11 is 3.53. The summed E-state index contributed by atoms with van der Waals surface area (Å²) in [6.45, 7) is 8.71. The summed E-state index contributed by atoms with van der Waals surface area (Å²) in [4.78, 5) is 29.7. The number of aromatic nitrogens is 1. The molecule has 0 bridgehead atoms. The Morgan fingerprint density at radius 3 is 2.43 bits per heavy atom. The maximum absolute atomic E-state index is 13.3. The molecule has 1 aromatic heterocycles. The molecule has 1 saturated heterocycles. The number of benzene rings is 1. The Kier molecular flexibility index (Phi) is 6.02. The van der Waals surface area contributed by atoms with Gasteiger partial charge in [0.25, 0.3) is 5.91 Å². The number of halogens is 1. The van der Waals surface area contributed by atoms with Crippen LogP contribution < -0.4 is 5.32 Å². The summed E-state index contributed by atoms with van der Waals surface area (Å²) in [6.07, 6.45) is 2.19. The quantitative estimate of drug-likeness (QED) is 0.726. The highest BCUT2D eigenvalue weighted by Crippen LogP contribution is 2.25. The molecule has 1 aliphatic carbocycles. The van der Waals surface area contributed by atoms with Crippen LogP contribution in [0, 0.1) is 13.8 Å². The molecule has 0 spiro atoms. The number of hydrogen-bond donors (Lipinski definition) is 1. The number of amides is 2. The van der Waals surface area contributed by atoms with Crippen LogP contribution in [0.25, 0.3) is 5.69 Å². The first-order valence-electron chi connectivity index (χ1n) is 10.6. The lowest BCUT2D eigenvalue weighted by molar-refractivity contribution is -0.126. The molecule has 2 fully saturated rings. The molecule has 4 rings (SSSR count). The van der Waals surface area contributed by atoms with Crippen LogP contribution in [0.5, 0.6) is 0 Å². The van der Waals surface area contributed by atoms with Crippen molar-refractivity contribution in [2.75, 3.05) is 26.2 Å². The standard InChI is InChI=1S/C23H29BrN4O2/c1-15-13-21(16(2)28(15)20-6-4-5-18(24)14-20)23(30)27-11-9-26(10-12-27)17(3)22(29)25-19-7-8-19/h4-6,13-14,17,19H,7-12H2,1-3H3,(H,25,29). The highest BCUT2D eigenvalue weighted by molar-refractivity contribution is 9.10. The fraction of sp³-hybridized carbons (Fsp3) is 0.478. The highest BCUT2D eigenvalue weighted by atomic mass is 79.9. The smallest absolute Gasteiger partial charge is 0.255 e. The van der Waals surface area contributed by atoms with Gasteiger partial charge in [-0.2, -0.15) is 0 Å².